The predicted octanol–water partition coefficient (Wildman–Crippen LogP) is 3.33. The number of hydrogen-bond donors (Lipinski definition) is 1. The second kappa shape index (κ2) is 6.50. The van der Waals surface area contributed by atoms with Crippen molar-refractivity contribution in [2.24, 2.45) is 5.16 Å². The van der Waals surface area contributed by atoms with E-state index in [2.05, 4.69) is 12.1 Å². The Morgan fingerprint density at radius 2 is 2.18 bits per heavy atom. The molecule has 0 aromatic rings. The fraction of sp³-hybridized carbons (Fsp3) is 0.571. The fourth-order valence-corrected chi connectivity index (χ4v) is 0.887. The van der Waals surface area contributed by atoms with E-state index < -0.39 is 0 Å². The Balaban J connectivity index is 3.89. The maximum atomic E-state index is 8.43. The van der Waals surface area contributed by atoms with Crippen molar-refractivity contribution in [2.75, 3.05) is 0 Å². The van der Waals surface area contributed by atoms with Gasteiger partial charge in [-0.15, -0.1) is 0 Å². The van der Waals surface area contributed by atoms with Gasteiger partial charge in [-0.1, -0.05) is 41.7 Å². The highest BCUT2D eigenvalue weighted by molar-refractivity contribution is 6.56. The van der Waals surface area contributed by atoms with Crippen molar-refractivity contribution in [2.45, 2.75) is 26.2 Å². The van der Waals surface area contributed by atoms with Crippen molar-refractivity contribution >= 4 is 28.9 Å². The van der Waals surface area contributed by atoms with Gasteiger partial charge in [0.25, 0.3) is 0 Å². The lowest BCUT2D eigenvalue weighted by atomic mass is 10.2. The minimum Gasteiger partial charge on any atom is -0.411 e. The highest BCUT2D eigenvalue weighted by Crippen LogP contribution is 2.08. The molecular weight excluding hydrogens is 185 g/mol. The van der Waals surface area contributed by atoms with Crippen LogP contribution in [0.1, 0.15) is 26.2 Å². The second-order valence-electron chi connectivity index (χ2n) is 2.13. The van der Waals surface area contributed by atoms with Crippen LogP contribution in [-0.2, 0) is 0 Å². The lowest BCUT2D eigenvalue weighted by molar-refractivity contribution is 0.318. The molecule has 0 amide bonds. The van der Waals surface area contributed by atoms with Crippen LogP contribution in [0.3, 0.4) is 0 Å². The van der Waals surface area contributed by atoms with Crippen molar-refractivity contribution < 1.29 is 5.21 Å². The molecule has 11 heavy (non-hydrogen) atoms. The molecule has 0 fully saturated rings. The zero-order chi connectivity index (χ0) is 8.69. The van der Waals surface area contributed by atoms with E-state index in [1.54, 1.807) is 0 Å². The van der Waals surface area contributed by atoms with E-state index in [1.807, 2.05) is 0 Å². The molecule has 0 aliphatic rings. The van der Waals surface area contributed by atoms with Crippen LogP contribution in [0.15, 0.2) is 15.7 Å². The Hall–Kier alpha value is -0.210. The standard InChI is InChI=1S/C7H11Cl2NO/c1-2-3-4-6(10-11)5-7(8)9/h5,11H,2-4H2,1H3. The van der Waals surface area contributed by atoms with Gasteiger partial charge < -0.3 is 5.21 Å². The SMILES string of the molecule is CCCCC(C=C(Cl)Cl)=NO. The quantitative estimate of drug-likeness (QED) is 0.417. The topological polar surface area (TPSA) is 32.6 Å². The fourth-order valence-electron chi connectivity index (χ4n) is 0.635. The van der Waals surface area contributed by atoms with Crippen LogP contribution in [-0.4, -0.2) is 10.9 Å². The molecule has 64 valence electrons. The first-order valence-electron chi connectivity index (χ1n) is 3.44. The van der Waals surface area contributed by atoms with Gasteiger partial charge in [0.1, 0.15) is 4.49 Å². The van der Waals surface area contributed by atoms with E-state index in [0.29, 0.717) is 12.1 Å². The van der Waals surface area contributed by atoms with E-state index in [9.17, 15) is 0 Å². The summed E-state index contributed by atoms with van der Waals surface area (Å²) in [6.45, 7) is 2.06. The summed E-state index contributed by atoms with van der Waals surface area (Å²) in [6.07, 6.45) is 4.17. The number of rotatable bonds is 4. The molecule has 0 rings (SSSR count). The van der Waals surface area contributed by atoms with Crippen LogP contribution in [0.2, 0.25) is 0 Å². The summed E-state index contributed by atoms with van der Waals surface area (Å²) in [7, 11) is 0. The second-order valence-corrected chi connectivity index (χ2v) is 3.14. The first kappa shape index (κ1) is 10.8. The molecule has 0 saturated heterocycles. The van der Waals surface area contributed by atoms with Gasteiger partial charge in [0.15, 0.2) is 0 Å². The van der Waals surface area contributed by atoms with Crippen LogP contribution < -0.4 is 0 Å². The number of nitrogens with zero attached hydrogens (tertiary/aromatic N) is 1. The van der Waals surface area contributed by atoms with Crippen LogP contribution in [0.4, 0.5) is 0 Å². The minimum absolute atomic E-state index is 0.119. The molecule has 1 N–H and O–H groups in total. The zero-order valence-corrected chi connectivity index (χ0v) is 7.86. The van der Waals surface area contributed by atoms with Crippen LogP contribution in [0.5, 0.6) is 0 Å². The van der Waals surface area contributed by atoms with Crippen molar-refractivity contribution in [3.63, 3.8) is 0 Å². The van der Waals surface area contributed by atoms with E-state index in [4.69, 9.17) is 28.4 Å². The maximum Gasteiger partial charge on any atom is 0.108 e. The molecule has 0 radical (unpaired) electrons. The van der Waals surface area contributed by atoms with Crippen LogP contribution in [0, 0.1) is 0 Å². The molecule has 0 atom stereocenters. The van der Waals surface area contributed by atoms with Gasteiger partial charge in [-0.2, -0.15) is 0 Å². The third-order valence-corrected chi connectivity index (χ3v) is 1.41. The van der Waals surface area contributed by atoms with Gasteiger partial charge in [-0.25, -0.2) is 0 Å². The van der Waals surface area contributed by atoms with Gasteiger partial charge in [0.2, 0.25) is 0 Å². The average molecular weight is 196 g/mol. The Morgan fingerprint density at radius 3 is 2.55 bits per heavy atom. The Bertz CT molecular complexity index is 162. The molecular formula is C7H11Cl2NO. The van der Waals surface area contributed by atoms with Crippen LogP contribution >= 0.6 is 23.2 Å². The summed E-state index contributed by atoms with van der Waals surface area (Å²) < 4.78 is 0.119. The summed E-state index contributed by atoms with van der Waals surface area (Å²) in [5.41, 5.74) is 0.520. The third kappa shape index (κ3) is 6.20. The number of hydrogen-bond acceptors (Lipinski definition) is 2. The summed E-state index contributed by atoms with van der Waals surface area (Å²) in [5.74, 6) is 0. The summed E-state index contributed by atoms with van der Waals surface area (Å²) >= 11 is 10.7. The molecule has 0 aliphatic carbocycles. The first-order valence-corrected chi connectivity index (χ1v) is 4.20. The molecule has 0 saturated carbocycles. The molecule has 0 heterocycles. The van der Waals surface area contributed by atoms with E-state index >= 15 is 0 Å². The Labute approximate surface area is 76.5 Å². The highest BCUT2D eigenvalue weighted by Gasteiger charge is 1.96. The lowest BCUT2D eigenvalue weighted by Gasteiger charge is -1.95. The number of allylic oxidation sites excluding steroid dienone is 1. The molecule has 0 unspecified atom stereocenters. The summed E-state index contributed by atoms with van der Waals surface area (Å²) in [5, 5.41) is 11.5. The number of halogens is 2. The van der Waals surface area contributed by atoms with Gasteiger partial charge >= 0.3 is 0 Å². The molecule has 0 aromatic carbocycles. The molecule has 2 nitrogen and oxygen atoms in total. The monoisotopic (exact) mass is 195 g/mol. The van der Waals surface area contributed by atoms with Crippen molar-refractivity contribution in [1.82, 2.24) is 0 Å². The minimum atomic E-state index is 0.119. The average Bonchev–Trinajstić information content (AvgIpc) is 1.97. The number of oxime groups is 1. The van der Waals surface area contributed by atoms with Crippen molar-refractivity contribution in [3.05, 3.63) is 10.6 Å². The largest absolute Gasteiger partial charge is 0.411 e. The Morgan fingerprint density at radius 1 is 1.55 bits per heavy atom. The van der Waals surface area contributed by atoms with Gasteiger partial charge in [-0.05, 0) is 18.9 Å². The highest BCUT2D eigenvalue weighted by atomic mass is 35.5. The molecule has 0 aromatic heterocycles. The van der Waals surface area contributed by atoms with Gasteiger partial charge in [-0.3, -0.25) is 0 Å². The third-order valence-electron chi connectivity index (χ3n) is 1.19. The van der Waals surface area contributed by atoms with E-state index in [0.717, 1.165) is 12.8 Å². The molecule has 0 spiro atoms. The van der Waals surface area contributed by atoms with Crippen LogP contribution in [0.25, 0.3) is 0 Å². The van der Waals surface area contributed by atoms with Crippen molar-refractivity contribution in [1.29, 1.82) is 0 Å². The molecule has 0 bridgehead atoms. The predicted molar refractivity (Wildman–Crippen MR) is 48.5 cm³/mol. The number of unbranched alkanes of at least 4 members (excludes halogenated alkanes) is 1. The zero-order valence-electron chi connectivity index (χ0n) is 6.35. The molecule has 0 aliphatic heterocycles. The van der Waals surface area contributed by atoms with E-state index in [1.165, 1.54) is 6.08 Å². The Kier molecular flexibility index (Phi) is 6.37. The van der Waals surface area contributed by atoms with Gasteiger partial charge in [0, 0.05) is 0 Å². The molecule has 4 heteroatoms. The summed E-state index contributed by atoms with van der Waals surface area (Å²) in [6, 6.07) is 0. The lowest BCUT2D eigenvalue weighted by Crippen LogP contribution is -1.93. The summed E-state index contributed by atoms with van der Waals surface area (Å²) in [4.78, 5) is 0. The normalized spacial score (nSPS) is 11.4. The maximum absolute atomic E-state index is 8.43. The van der Waals surface area contributed by atoms with E-state index in [-0.39, 0.29) is 4.49 Å². The van der Waals surface area contributed by atoms with Gasteiger partial charge in [0.05, 0.1) is 5.71 Å². The smallest absolute Gasteiger partial charge is 0.108 e. The first-order chi connectivity index (χ1) is 5.20. The van der Waals surface area contributed by atoms with Crippen molar-refractivity contribution in [3.8, 4) is 0 Å².